The van der Waals surface area contributed by atoms with E-state index < -0.39 is 11.6 Å². The quantitative estimate of drug-likeness (QED) is 0.902. The zero-order chi connectivity index (χ0) is 13.1. The number of nitrogens with one attached hydrogen (secondary N) is 1. The minimum absolute atomic E-state index is 0.0880. The van der Waals surface area contributed by atoms with Gasteiger partial charge in [0.25, 0.3) is 0 Å². The van der Waals surface area contributed by atoms with Crippen molar-refractivity contribution in [1.29, 1.82) is 0 Å². The fraction of sp³-hybridized carbons (Fsp3) is 0.308. The summed E-state index contributed by atoms with van der Waals surface area (Å²) in [4.78, 5) is 0. The van der Waals surface area contributed by atoms with E-state index in [1.54, 1.807) is 17.8 Å². The van der Waals surface area contributed by atoms with Gasteiger partial charge in [0.1, 0.15) is 0 Å². The molecule has 1 atom stereocenters. The molecule has 1 aromatic heterocycles. The lowest BCUT2D eigenvalue weighted by Crippen LogP contribution is -2.19. The molecule has 2 aromatic rings. The zero-order valence-electron chi connectivity index (χ0n) is 10.3. The Morgan fingerprint density at radius 3 is 2.61 bits per heavy atom. The van der Waals surface area contributed by atoms with Crippen LogP contribution in [0, 0.1) is 11.6 Å². The second kappa shape index (κ2) is 5.27. The van der Waals surface area contributed by atoms with E-state index in [0.29, 0.717) is 12.0 Å². The number of rotatable bonds is 4. The van der Waals surface area contributed by atoms with Crippen molar-refractivity contribution in [2.75, 3.05) is 7.05 Å². The normalized spacial score (nSPS) is 12.7. The molecule has 0 saturated heterocycles. The fourth-order valence-electron chi connectivity index (χ4n) is 1.90. The molecule has 2 rings (SSSR count). The first kappa shape index (κ1) is 12.7. The monoisotopic (exact) mass is 251 g/mol. The van der Waals surface area contributed by atoms with Crippen LogP contribution in [0.4, 0.5) is 8.78 Å². The Balaban J connectivity index is 2.19. The second-order valence-corrected chi connectivity index (χ2v) is 4.20. The summed E-state index contributed by atoms with van der Waals surface area (Å²) in [5.41, 5.74) is 1.61. The Morgan fingerprint density at radius 2 is 2.06 bits per heavy atom. The van der Waals surface area contributed by atoms with Gasteiger partial charge in [-0.1, -0.05) is 6.07 Å². The number of hydrogen-bond acceptors (Lipinski definition) is 2. The molecule has 0 saturated carbocycles. The largest absolute Gasteiger partial charge is 0.313 e. The molecule has 18 heavy (non-hydrogen) atoms. The molecule has 1 N–H and O–H groups in total. The van der Waals surface area contributed by atoms with Gasteiger partial charge in [-0.15, -0.1) is 0 Å². The summed E-state index contributed by atoms with van der Waals surface area (Å²) in [6, 6.07) is 5.77. The van der Waals surface area contributed by atoms with E-state index in [2.05, 4.69) is 10.4 Å². The molecule has 1 unspecified atom stereocenters. The molecule has 5 heteroatoms. The first-order valence-corrected chi connectivity index (χ1v) is 5.71. The number of aryl methyl sites for hydroxylation is 1. The predicted molar refractivity (Wildman–Crippen MR) is 65.1 cm³/mol. The van der Waals surface area contributed by atoms with Crippen LogP contribution in [0.3, 0.4) is 0 Å². The molecular weight excluding hydrogens is 236 g/mol. The van der Waals surface area contributed by atoms with Crippen LogP contribution in [-0.4, -0.2) is 16.8 Å². The smallest absolute Gasteiger partial charge is 0.159 e. The van der Waals surface area contributed by atoms with Crippen LogP contribution in [-0.2, 0) is 13.5 Å². The highest BCUT2D eigenvalue weighted by atomic mass is 19.2. The summed E-state index contributed by atoms with van der Waals surface area (Å²) < 4.78 is 27.8. The number of benzene rings is 1. The Labute approximate surface area is 104 Å². The first-order valence-electron chi connectivity index (χ1n) is 5.71. The van der Waals surface area contributed by atoms with Gasteiger partial charge in [0, 0.05) is 25.7 Å². The minimum Gasteiger partial charge on any atom is -0.313 e. The van der Waals surface area contributed by atoms with Crippen molar-refractivity contribution < 1.29 is 8.78 Å². The number of aromatic nitrogens is 2. The van der Waals surface area contributed by atoms with Gasteiger partial charge in [-0.05, 0) is 30.8 Å². The number of hydrogen-bond donors (Lipinski definition) is 1. The maximum absolute atomic E-state index is 13.2. The average molecular weight is 251 g/mol. The standard InChI is InChI=1S/C13H15F2N3/c1-16-13(8-10-5-6-18(2)17-10)9-3-4-11(14)12(15)7-9/h3-7,13,16H,8H2,1-2H3. The van der Waals surface area contributed by atoms with Crippen LogP contribution >= 0.6 is 0 Å². The molecule has 1 aromatic carbocycles. The third-order valence-corrected chi connectivity index (χ3v) is 2.88. The zero-order valence-corrected chi connectivity index (χ0v) is 10.3. The topological polar surface area (TPSA) is 29.9 Å². The highest BCUT2D eigenvalue weighted by Crippen LogP contribution is 2.19. The van der Waals surface area contributed by atoms with Crippen molar-refractivity contribution in [3.8, 4) is 0 Å². The van der Waals surface area contributed by atoms with Crippen molar-refractivity contribution in [1.82, 2.24) is 15.1 Å². The van der Waals surface area contributed by atoms with Crippen LogP contribution < -0.4 is 5.32 Å². The van der Waals surface area contributed by atoms with Crippen LogP contribution in [0.5, 0.6) is 0 Å². The third kappa shape index (κ3) is 2.73. The Morgan fingerprint density at radius 1 is 1.28 bits per heavy atom. The Hall–Kier alpha value is -1.75. The van der Waals surface area contributed by atoms with E-state index in [-0.39, 0.29) is 6.04 Å². The summed E-state index contributed by atoms with van der Waals surface area (Å²) in [7, 11) is 3.63. The summed E-state index contributed by atoms with van der Waals surface area (Å²) in [5.74, 6) is -1.65. The molecule has 0 bridgehead atoms. The van der Waals surface area contributed by atoms with Crippen molar-refractivity contribution in [2.45, 2.75) is 12.5 Å². The number of nitrogens with zero attached hydrogens (tertiary/aromatic N) is 2. The summed E-state index contributed by atoms with van der Waals surface area (Å²) in [6.45, 7) is 0. The number of halogens is 2. The lowest BCUT2D eigenvalue weighted by atomic mass is 10.0. The second-order valence-electron chi connectivity index (χ2n) is 4.20. The van der Waals surface area contributed by atoms with E-state index >= 15 is 0 Å². The minimum atomic E-state index is -0.827. The van der Waals surface area contributed by atoms with Crippen LogP contribution in [0.25, 0.3) is 0 Å². The molecule has 0 fully saturated rings. The summed E-state index contributed by atoms with van der Waals surface area (Å²) in [6.07, 6.45) is 2.48. The Bertz CT molecular complexity index is 537. The van der Waals surface area contributed by atoms with Crippen LogP contribution in [0.1, 0.15) is 17.3 Å². The molecule has 0 aliphatic heterocycles. The molecule has 96 valence electrons. The fourth-order valence-corrected chi connectivity index (χ4v) is 1.90. The molecule has 3 nitrogen and oxygen atoms in total. The lowest BCUT2D eigenvalue weighted by Gasteiger charge is -2.15. The van der Waals surface area contributed by atoms with Crippen LogP contribution in [0.2, 0.25) is 0 Å². The first-order chi connectivity index (χ1) is 8.60. The summed E-state index contributed by atoms with van der Waals surface area (Å²) >= 11 is 0. The molecular formula is C13H15F2N3. The SMILES string of the molecule is CNC(Cc1ccn(C)n1)c1ccc(F)c(F)c1. The maximum Gasteiger partial charge on any atom is 0.159 e. The van der Waals surface area contributed by atoms with E-state index in [9.17, 15) is 8.78 Å². The van der Waals surface area contributed by atoms with Crippen molar-refractivity contribution in [2.24, 2.45) is 7.05 Å². The lowest BCUT2D eigenvalue weighted by molar-refractivity contribution is 0.500. The van der Waals surface area contributed by atoms with Gasteiger partial charge in [0.2, 0.25) is 0 Å². The van der Waals surface area contributed by atoms with Gasteiger partial charge < -0.3 is 5.32 Å². The van der Waals surface area contributed by atoms with Crippen molar-refractivity contribution in [3.63, 3.8) is 0 Å². The molecule has 0 aliphatic carbocycles. The van der Waals surface area contributed by atoms with E-state index in [1.165, 1.54) is 6.07 Å². The number of likely N-dealkylation sites (N-methyl/N-ethyl adjacent to an activating group) is 1. The maximum atomic E-state index is 13.2. The molecule has 0 radical (unpaired) electrons. The van der Waals surface area contributed by atoms with Crippen molar-refractivity contribution >= 4 is 0 Å². The van der Waals surface area contributed by atoms with Gasteiger partial charge in [-0.25, -0.2) is 8.78 Å². The Kier molecular flexibility index (Phi) is 3.72. The van der Waals surface area contributed by atoms with Crippen LogP contribution in [0.15, 0.2) is 30.5 Å². The molecule has 1 heterocycles. The van der Waals surface area contributed by atoms with E-state index in [0.717, 1.165) is 11.8 Å². The molecule has 0 spiro atoms. The summed E-state index contributed by atoms with van der Waals surface area (Å²) in [5, 5.41) is 7.36. The van der Waals surface area contributed by atoms with E-state index in [4.69, 9.17) is 0 Å². The highest BCUT2D eigenvalue weighted by molar-refractivity contribution is 5.22. The average Bonchev–Trinajstić information content (AvgIpc) is 2.75. The third-order valence-electron chi connectivity index (χ3n) is 2.88. The van der Waals surface area contributed by atoms with E-state index in [1.807, 2.05) is 19.3 Å². The predicted octanol–water partition coefficient (Wildman–Crippen LogP) is 2.20. The van der Waals surface area contributed by atoms with Gasteiger partial charge in [0.15, 0.2) is 11.6 Å². The van der Waals surface area contributed by atoms with Gasteiger partial charge in [0.05, 0.1) is 5.69 Å². The van der Waals surface area contributed by atoms with Crippen molar-refractivity contribution in [3.05, 3.63) is 53.4 Å². The van der Waals surface area contributed by atoms with Gasteiger partial charge >= 0.3 is 0 Å². The molecule has 0 aliphatic rings. The van der Waals surface area contributed by atoms with Gasteiger partial charge in [-0.3, -0.25) is 4.68 Å². The highest BCUT2D eigenvalue weighted by Gasteiger charge is 2.13. The van der Waals surface area contributed by atoms with Gasteiger partial charge in [-0.2, -0.15) is 5.10 Å². The molecule has 0 amide bonds.